The highest BCUT2D eigenvalue weighted by Crippen LogP contribution is 2.32. The van der Waals surface area contributed by atoms with Gasteiger partial charge in [-0.3, -0.25) is 10.00 Å². The van der Waals surface area contributed by atoms with Gasteiger partial charge < -0.3 is 11.1 Å². The van der Waals surface area contributed by atoms with Crippen LogP contribution in [0.2, 0.25) is 0 Å². The van der Waals surface area contributed by atoms with E-state index in [1.807, 2.05) is 25.1 Å². The van der Waals surface area contributed by atoms with Crippen LogP contribution in [0.5, 0.6) is 0 Å². The average Bonchev–Trinajstić information content (AvgIpc) is 3.09. The molecule has 8 nitrogen and oxygen atoms in total. The number of pyridine rings is 2. The zero-order valence-electron chi connectivity index (χ0n) is 15.8. The van der Waals surface area contributed by atoms with Crippen molar-refractivity contribution < 1.29 is 9.18 Å². The van der Waals surface area contributed by atoms with E-state index in [0.717, 1.165) is 5.56 Å². The molecule has 4 N–H and O–H groups in total. The summed E-state index contributed by atoms with van der Waals surface area (Å²) < 4.78 is 16.9. The summed E-state index contributed by atoms with van der Waals surface area (Å²) in [5, 5.41) is 9.78. The fourth-order valence-electron chi connectivity index (χ4n) is 3.05. The van der Waals surface area contributed by atoms with E-state index in [4.69, 9.17) is 5.73 Å². The molecule has 0 saturated carbocycles. The Morgan fingerprint density at radius 3 is 2.69 bits per heavy atom. The minimum absolute atomic E-state index is 0.157. The molecule has 0 aliphatic rings. The Bertz CT molecular complexity index is 1230. The summed E-state index contributed by atoms with van der Waals surface area (Å²) in [5.41, 5.74) is 8.25. The Hall–Kier alpha value is -4.01. The zero-order valence-corrected chi connectivity index (χ0v) is 15.8. The zero-order chi connectivity index (χ0) is 20.5. The van der Waals surface area contributed by atoms with E-state index in [1.165, 1.54) is 18.5 Å². The molecule has 3 heterocycles. The molecule has 0 aliphatic carbocycles. The van der Waals surface area contributed by atoms with E-state index < -0.39 is 11.8 Å². The normalized spacial score (nSPS) is 10.9. The number of aromatic nitrogens is 4. The Morgan fingerprint density at radius 2 is 1.97 bits per heavy atom. The summed E-state index contributed by atoms with van der Waals surface area (Å²) in [5.74, 6) is -0.181. The summed E-state index contributed by atoms with van der Waals surface area (Å²) in [7, 11) is 1.74. The van der Waals surface area contributed by atoms with Gasteiger partial charge in [-0.1, -0.05) is 24.3 Å². The van der Waals surface area contributed by atoms with Crippen LogP contribution in [0.1, 0.15) is 5.56 Å². The molecule has 0 saturated heterocycles. The van der Waals surface area contributed by atoms with Crippen LogP contribution in [0, 0.1) is 12.7 Å². The molecule has 2 amide bonds. The van der Waals surface area contributed by atoms with Crippen LogP contribution in [-0.2, 0) is 7.05 Å². The molecule has 9 heteroatoms. The summed E-state index contributed by atoms with van der Waals surface area (Å²) >= 11 is 0. The maximum atomic E-state index is 15.3. The number of amides is 2. The Morgan fingerprint density at radius 1 is 1.17 bits per heavy atom. The van der Waals surface area contributed by atoms with Crippen molar-refractivity contribution in [2.75, 3.05) is 16.4 Å². The number of aryl methyl sites for hydroxylation is 2. The van der Waals surface area contributed by atoms with Gasteiger partial charge in [-0.15, -0.1) is 0 Å². The fraction of sp³-hybridized carbons (Fsp3) is 0.100. The van der Waals surface area contributed by atoms with Crippen molar-refractivity contribution in [2.24, 2.45) is 7.05 Å². The number of nitrogens with one attached hydrogen (secondary N) is 2. The van der Waals surface area contributed by atoms with E-state index in [-0.39, 0.29) is 22.7 Å². The SMILES string of the molecule is Cc1ccccc1-c1nc(N)c2cnc(NC(=O)Nc3cnn(C)c3)cc2c1F. The molecule has 4 rings (SSSR count). The lowest BCUT2D eigenvalue weighted by molar-refractivity contribution is 0.262. The quantitative estimate of drug-likeness (QED) is 0.493. The second kappa shape index (κ2) is 7.19. The molecular weight excluding hydrogens is 373 g/mol. The Balaban J connectivity index is 1.70. The molecule has 146 valence electrons. The summed E-state index contributed by atoms with van der Waals surface area (Å²) in [6.45, 7) is 1.87. The number of hydrogen-bond acceptors (Lipinski definition) is 5. The van der Waals surface area contributed by atoms with Crippen molar-refractivity contribution in [3.8, 4) is 11.3 Å². The third-order valence-electron chi connectivity index (χ3n) is 4.46. The number of anilines is 3. The molecule has 0 radical (unpaired) electrons. The third-order valence-corrected chi connectivity index (χ3v) is 4.46. The van der Waals surface area contributed by atoms with Crippen LogP contribution in [-0.4, -0.2) is 25.8 Å². The molecule has 29 heavy (non-hydrogen) atoms. The molecule has 3 aromatic heterocycles. The lowest BCUT2D eigenvalue weighted by atomic mass is 10.0. The molecule has 0 unspecified atom stereocenters. The van der Waals surface area contributed by atoms with E-state index in [1.54, 1.807) is 24.0 Å². The number of nitrogens with zero attached hydrogens (tertiary/aromatic N) is 4. The largest absolute Gasteiger partial charge is 0.383 e. The summed E-state index contributed by atoms with van der Waals surface area (Å²) in [6, 6.07) is 8.26. The number of urea groups is 1. The number of carbonyl (C=O) groups excluding carboxylic acids is 1. The van der Waals surface area contributed by atoms with Crippen LogP contribution < -0.4 is 16.4 Å². The molecule has 4 aromatic rings. The van der Waals surface area contributed by atoms with Crippen LogP contribution >= 0.6 is 0 Å². The number of carbonyl (C=O) groups is 1. The van der Waals surface area contributed by atoms with Crippen LogP contribution in [0.25, 0.3) is 22.0 Å². The monoisotopic (exact) mass is 391 g/mol. The van der Waals surface area contributed by atoms with Crippen LogP contribution in [0.15, 0.2) is 48.9 Å². The van der Waals surface area contributed by atoms with Crippen LogP contribution in [0.4, 0.5) is 26.5 Å². The first-order chi connectivity index (χ1) is 13.9. The van der Waals surface area contributed by atoms with Gasteiger partial charge >= 0.3 is 6.03 Å². The standard InChI is InChI=1S/C20H18FN7O/c1-11-5-3-4-6-13(11)18-17(21)14-7-16(23-9-15(14)19(22)27-18)26-20(29)25-12-8-24-28(2)10-12/h3-10H,1-2H3,(H2,22,27)(H2,23,25,26,29). The van der Waals surface area contributed by atoms with Gasteiger partial charge in [0.25, 0.3) is 0 Å². The van der Waals surface area contributed by atoms with E-state index in [9.17, 15) is 4.79 Å². The molecule has 1 aromatic carbocycles. The van der Waals surface area contributed by atoms with Gasteiger partial charge in [-0.2, -0.15) is 5.10 Å². The van der Waals surface area contributed by atoms with Gasteiger partial charge in [0.15, 0.2) is 5.82 Å². The van der Waals surface area contributed by atoms with Crippen molar-refractivity contribution in [3.05, 3.63) is 60.3 Å². The van der Waals surface area contributed by atoms with Gasteiger partial charge in [0.05, 0.1) is 11.9 Å². The number of benzene rings is 1. The highest BCUT2D eigenvalue weighted by atomic mass is 19.1. The maximum absolute atomic E-state index is 15.3. The molecule has 0 atom stereocenters. The second-order valence-corrected chi connectivity index (χ2v) is 6.57. The highest BCUT2D eigenvalue weighted by molar-refractivity contribution is 6.01. The van der Waals surface area contributed by atoms with Crippen molar-refractivity contribution in [1.29, 1.82) is 0 Å². The van der Waals surface area contributed by atoms with Gasteiger partial charge in [0.1, 0.15) is 17.3 Å². The predicted molar refractivity (Wildman–Crippen MR) is 110 cm³/mol. The minimum atomic E-state index is -0.526. The molecular formula is C20H18FN7O. The molecule has 0 spiro atoms. The van der Waals surface area contributed by atoms with Gasteiger partial charge in [0, 0.05) is 35.8 Å². The van der Waals surface area contributed by atoms with E-state index in [2.05, 4.69) is 25.7 Å². The number of rotatable bonds is 3. The first kappa shape index (κ1) is 18.4. The minimum Gasteiger partial charge on any atom is -0.383 e. The predicted octanol–water partition coefficient (Wildman–Crippen LogP) is 3.70. The lowest BCUT2D eigenvalue weighted by Crippen LogP contribution is -2.19. The number of halogens is 1. The second-order valence-electron chi connectivity index (χ2n) is 6.57. The lowest BCUT2D eigenvalue weighted by Gasteiger charge is -2.12. The topological polar surface area (TPSA) is 111 Å². The van der Waals surface area contributed by atoms with E-state index >= 15 is 4.39 Å². The maximum Gasteiger partial charge on any atom is 0.324 e. The van der Waals surface area contributed by atoms with Crippen molar-refractivity contribution in [2.45, 2.75) is 6.92 Å². The van der Waals surface area contributed by atoms with Crippen molar-refractivity contribution in [1.82, 2.24) is 19.7 Å². The van der Waals surface area contributed by atoms with Gasteiger partial charge in [-0.25, -0.2) is 19.2 Å². The Labute approximate surface area is 165 Å². The highest BCUT2D eigenvalue weighted by Gasteiger charge is 2.17. The van der Waals surface area contributed by atoms with Crippen molar-refractivity contribution in [3.63, 3.8) is 0 Å². The molecule has 0 bridgehead atoms. The van der Waals surface area contributed by atoms with Crippen LogP contribution in [0.3, 0.4) is 0 Å². The van der Waals surface area contributed by atoms with E-state index in [0.29, 0.717) is 16.6 Å². The smallest absolute Gasteiger partial charge is 0.324 e. The van der Waals surface area contributed by atoms with Crippen molar-refractivity contribution >= 4 is 34.1 Å². The molecule has 0 aliphatic heterocycles. The summed E-state index contributed by atoms with van der Waals surface area (Å²) in [4.78, 5) is 20.6. The number of fused-ring (bicyclic) bond motifs is 1. The Kier molecular flexibility index (Phi) is 4.55. The van der Waals surface area contributed by atoms with Gasteiger partial charge in [-0.05, 0) is 18.6 Å². The summed E-state index contributed by atoms with van der Waals surface area (Å²) in [6.07, 6.45) is 4.55. The first-order valence-electron chi connectivity index (χ1n) is 8.80. The average molecular weight is 391 g/mol. The number of nitrogens with two attached hydrogens (primary N) is 1. The molecule has 0 fully saturated rings. The van der Waals surface area contributed by atoms with Gasteiger partial charge in [0.2, 0.25) is 0 Å². The fourth-order valence-corrected chi connectivity index (χ4v) is 3.05. The third kappa shape index (κ3) is 3.57. The number of nitrogen functional groups attached to an aromatic ring is 1. The first-order valence-corrected chi connectivity index (χ1v) is 8.80. The number of hydrogen-bond donors (Lipinski definition) is 3.